The second kappa shape index (κ2) is 4.08. The molecule has 0 amide bonds. The first-order chi connectivity index (χ1) is 7.27. The molecule has 1 aromatic carbocycles. The van der Waals surface area contributed by atoms with Crippen LogP contribution >= 0.6 is 0 Å². The van der Waals surface area contributed by atoms with Gasteiger partial charge in [0.1, 0.15) is 6.29 Å². The highest BCUT2D eigenvalue weighted by Gasteiger charge is 2.36. The van der Waals surface area contributed by atoms with Gasteiger partial charge in [-0.3, -0.25) is 9.59 Å². The number of benzene rings is 1. The van der Waals surface area contributed by atoms with Crippen LogP contribution in [0, 0.1) is 6.92 Å². The number of rotatable bonds is 2. The highest BCUT2D eigenvalue weighted by Crippen LogP contribution is 2.35. The fraction of sp³-hybridized carbons (Fsp3) is 0.273. The van der Waals surface area contributed by atoms with Gasteiger partial charge in [0.05, 0.1) is 5.56 Å². The molecule has 2 nitrogen and oxygen atoms in total. The molecule has 0 aliphatic heterocycles. The van der Waals surface area contributed by atoms with E-state index in [9.17, 15) is 22.8 Å². The third-order valence-electron chi connectivity index (χ3n) is 2.16. The lowest BCUT2D eigenvalue weighted by molar-refractivity contribution is -0.138. The van der Waals surface area contributed by atoms with E-state index >= 15 is 0 Å². The zero-order chi connectivity index (χ0) is 12.5. The van der Waals surface area contributed by atoms with Crippen LogP contribution in [0.15, 0.2) is 12.1 Å². The van der Waals surface area contributed by atoms with Gasteiger partial charge in [-0.25, -0.2) is 0 Å². The molecule has 0 unspecified atom stereocenters. The summed E-state index contributed by atoms with van der Waals surface area (Å²) in [5.74, 6) is -0.709. The summed E-state index contributed by atoms with van der Waals surface area (Å²) >= 11 is 0. The van der Waals surface area contributed by atoms with E-state index in [2.05, 4.69) is 0 Å². The Kier molecular flexibility index (Phi) is 3.16. The molecule has 0 bridgehead atoms. The van der Waals surface area contributed by atoms with Crippen LogP contribution in [0.5, 0.6) is 0 Å². The Morgan fingerprint density at radius 2 is 1.88 bits per heavy atom. The number of carbonyl (C=O) groups is 2. The number of aldehydes is 1. The van der Waals surface area contributed by atoms with Crippen LogP contribution in [0.3, 0.4) is 0 Å². The third-order valence-corrected chi connectivity index (χ3v) is 2.16. The molecule has 86 valence electrons. The van der Waals surface area contributed by atoms with Gasteiger partial charge in [0.25, 0.3) is 0 Å². The van der Waals surface area contributed by atoms with Crippen molar-refractivity contribution in [3.63, 3.8) is 0 Å². The summed E-state index contributed by atoms with van der Waals surface area (Å²) in [5, 5.41) is 0. The molecule has 0 saturated carbocycles. The summed E-state index contributed by atoms with van der Waals surface area (Å²) in [4.78, 5) is 21.6. The highest BCUT2D eigenvalue weighted by molar-refractivity contribution is 5.97. The van der Waals surface area contributed by atoms with Crippen molar-refractivity contribution in [2.45, 2.75) is 20.0 Å². The van der Waals surface area contributed by atoms with Crippen molar-refractivity contribution in [1.29, 1.82) is 0 Å². The molecule has 0 saturated heterocycles. The second-order valence-electron chi connectivity index (χ2n) is 3.43. The first kappa shape index (κ1) is 12.4. The van der Waals surface area contributed by atoms with Crippen LogP contribution in [0.2, 0.25) is 0 Å². The Labute approximate surface area is 90.1 Å². The molecule has 0 aromatic heterocycles. The van der Waals surface area contributed by atoms with Crippen molar-refractivity contribution >= 4 is 12.1 Å². The molecular formula is C11H9F3O2. The Morgan fingerprint density at radius 1 is 1.31 bits per heavy atom. The van der Waals surface area contributed by atoms with Gasteiger partial charge >= 0.3 is 6.18 Å². The number of hydrogen-bond donors (Lipinski definition) is 0. The van der Waals surface area contributed by atoms with Crippen LogP contribution in [0.1, 0.15) is 38.8 Å². The maximum atomic E-state index is 12.7. The van der Waals surface area contributed by atoms with Crippen LogP contribution in [0.25, 0.3) is 0 Å². The smallest absolute Gasteiger partial charge is 0.298 e. The summed E-state index contributed by atoms with van der Waals surface area (Å²) < 4.78 is 38.0. The second-order valence-corrected chi connectivity index (χ2v) is 3.43. The first-order valence-electron chi connectivity index (χ1n) is 4.45. The Morgan fingerprint density at radius 3 is 2.25 bits per heavy atom. The van der Waals surface area contributed by atoms with Crippen molar-refractivity contribution in [2.75, 3.05) is 0 Å². The third kappa shape index (κ3) is 2.29. The molecule has 1 rings (SSSR count). The largest absolute Gasteiger partial charge is 0.417 e. The van der Waals surface area contributed by atoms with E-state index in [1.54, 1.807) is 0 Å². The normalized spacial score (nSPS) is 11.3. The summed E-state index contributed by atoms with van der Waals surface area (Å²) in [7, 11) is 0. The zero-order valence-electron chi connectivity index (χ0n) is 8.68. The molecule has 16 heavy (non-hydrogen) atoms. The topological polar surface area (TPSA) is 34.1 Å². The lowest BCUT2D eigenvalue weighted by atomic mass is 9.96. The quantitative estimate of drug-likeness (QED) is 0.578. The van der Waals surface area contributed by atoms with Crippen molar-refractivity contribution in [3.8, 4) is 0 Å². The van der Waals surface area contributed by atoms with Gasteiger partial charge in [0.15, 0.2) is 5.78 Å². The number of ketones is 1. The Bertz CT molecular complexity index is 447. The minimum Gasteiger partial charge on any atom is -0.298 e. The van der Waals surface area contributed by atoms with Crippen LogP contribution in [-0.2, 0) is 6.18 Å². The van der Waals surface area contributed by atoms with Gasteiger partial charge in [0.2, 0.25) is 0 Å². The number of aryl methyl sites for hydroxylation is 1. The minimum atomic E-state index is -4.59. The number of alkyl halides is 3. The molecule has 0 aliphatic carbocycles. The predicted octanol–water partition coefficient (Wildman–Crippen LogP) is 3.03. The average Bonchev–Trinajstić information content (AvgIpc) is 2.14. The summed E-state index contributed by atoms with van der Waals surface area (Å²) in [6.07, 6.45) is -4.17. The molecule has 1 aromatic rings. The van der Waals surface area contributed by atoms with Gasteiger partial charge in [-0.15, -0.1) is 0 Å². The van der Waals surface area contributed by atoms with E-state index in [1.165, 1.54) is 6.92 Å². The number of Topliss-reactive ketones (excluding diaryl/α,β-unsaturated/α-hetero) is 1. The van der Waals surface area contributed by atoms with Gasteiger partial charge in [0, 0.05) is 11.1 Å². The Hall–Kier alpha value is -1.65. The maximum absolute atomic E-state index is 12.7. The van der Waals surface area contributed by atoms with E-state index in [0.29, 0.717) is 6.29 Å². The maximum Gasteiger partial charge on any atom is 0.417 e. The summed E-state index contributed by atoms with van der Waals surface area (Å²) in [5.41, 5.74) is -1.49. The molecule has 0 spiro atoms. The van der Waals surface area contributed by atoms with Crippen LogP contribution in [-0.4, -0.2) is 12.1 Å². The number of hydrogen-bond acceptors (Lipinski definition) is 2. The molecule has 0 heterocycles. The van der Waals surface area contributed by atoms with Crippen LogP contribution in [0.4, 0.5) is 13.2 Å². The van der Waals surface area contributed by atoms with E-state index < -0.39 is 23.1 Å². The molecule has 0 N–H and O–H groups in total. The summed E-state index contributed by atoms with van der Waals surface area (Å²) in [6.45, 7) is 2.26. The molecular weight excluding hydrogens is 221 g/mol. The molecule has 0 aliphatic rings. The monoisotopic (exact) mass is 230 g/mol. The van der Waals surface area contributed by atoms with E-state index in [-0.39, 0.29) is 11.1 Å². The van der Waals surface area contributed by atoms with Gasteiger partial charge < -0.3 is 0 Å². The van der Waals surface area contributed by atoms with Crippen LogP contribution < -0.4 is 0 Å². The van der Waals surface area contributed by atoms with Crippen molar-refractivity contribution < 1.29 is 22.8 Å². The van der Waals surface area contributed by atoms with E-state index in [1.807, 2.05) is 0 Å². The predicted molar refractivity (Wildman–Crippen MR) is 51.6 cm³/mol. The molecule has 0 radical (unpaired) electrons. The SMILES string of the molecule is CC(=O)c1cc(C=O)cc(C)c1C(F)(F)F. The molecule has 0 atom stereocenters. The highest BCUT2D eigenvalue weighted by atomic mass is 19.4. The van der Waals surface area contributed by atoms with Crippen molar-refractivity contribution in [3.05, 3.63) is 34.4 Å². The number of carbonyl (C=O) groups excluding carboxylic acids is 2. The fourth-order valence-corrected chi connectivity index (χ4v) is 1.54. The molecule has 5 heteroatoms. The van der Waals surface area contributed by atoms with Gasteiger partial charge in [-0.05, 0) is 31.5 Å². The lowest BCUT2D eigenvalue weighted by Gasteiger charge is -2.14. The Balaban J connectivity index is 3.59. The lowest BCUT2D eigenvalue weighted by Crippen LogP contribution is -2.14. The standard InChI is InChI=1S/C11H9F3O2/c1-6-3-8(5-15)4-9(7(2)16)10(6)11(12,13)14/h3-5H,1-2H3. The van der Waals surface area contributed by atoms with Gasteiger partial charge in [-0.1, -0.05) is 0 Å². The van der Waals surface area contributed by atoms with E-state index in [0.717, 1.165) is 19.1 Å². The number of halogens is 3. The van der Waals surface area contributed by atoms with Gasteiger partial charge in [-0.2, -0.15) is 13.2 Å². The van der Waals surface area contributed by atoms with E-state index in [4.69, 9.17) is 0 Å². The van der Waals surface area contributed by atoms with Crippen molar-refractivity contribution in [1.82, 2.24) is 0 Å². The average molecular weight is 230 g/mol. The zero-order valence-corrected chi connectivity index (χ0v) is 8.68. The first-order valence-corrected chi connectivity index (χ1v) is 4.45. The molecule has 0 fully saturated rings. The fourth-order valence-electron chi connectivity index (χ4n) is 1.54. The summed E-state index contributed by atoms with van der Waals surface area (Å²) in [6, 6.07) is 2.08. The van der Waals surface area contributed by atoms with Crippen molar-refractivity contribution in [2.24, 2.45) is 0 Å². The minimum absolute atomic E-state index is 0.0655.